The fourth-order valence-electron chi connectivity index (χ4n) is 2.38. The van der Waals surface area contributed by atoms with Gasteiger partial charge in [-0.05, 0) is 36.4 Å². The van der Waals surface area contributed by atoms with E-state index < -0.39 is 17.7 Å². The number of para-hydroxylation sites is 2. The molecule has 0 heterocycles. The van der Waals surface area contributed by atoms with Crippen LogP contribution in [0.25, 0.3) is 0 Å². The minimum absolute atomic E-state index is 0.128. The van der Waals surface area contributed by atoms with Crippen molar-refractivity contribution >= 4 is 40.9 Å². The Hall–Kier alpha value is -3.58. The molecule has 0 aliphatic heterocycles. The Morgan fingerprint density at radius 2 is 1.39 bits per heavy atom. The number of hydrogen-bond acceptors (Lipinski definition) is 5. The lowest BCUT2D eigenvalue weighted by Crippen LogP contribution is -2.39. The van der Waals surface area contributed by atoms with Crippen LogP contribution >= 0.6 is 11.8 Å². The summed E-state index contributed by atoms with van der Waals surface area (Å²) in [7, 11) is 0. The standard InChI is InChI=1S/C21H17N3O3S/c22-16-11-5-4-10-15(16)19(25)24-21(27)20(26)23-17-12-6-7-13-18(17)28-14-8-2-1-3-9-14/h1-13H,22H2,(H,23,26)(H,24,25,27). The van der Waals surface area contributed by atoms with Crippen LogP contribution in [0.1, 0.15) is 10.4 Å². The number of benzene rings is 3. The first-order valence-corrected chi connectivity index (χ1v) is 9.19. The van der Waals surface area contributed by atoms with Gasteiger partial charge in [-0.2, -0.15) is 0 Å². The predicted octanol–water partition coefficient (Wildman–Crippen LogP) is 3.32. The van der Waals surface area contributed by atoms with E-state index in [1.54, 1.807) is 24.3 Å². The molecule has 3 amide bonds. The van der Waals surface area contributed by atoms with Gasteiger partial charge >= 0.3 is 11.8 Å². The van der Waals surface area contributed by atoms with Crippen molar-refractivity contribution in [1.29, 1.82) is 0 Å². The zero-order valence-corrected chi connectivity index (χ0v) is 15.5. The van der Waals surface area contributed by atoms with E-state index >= 15 is 0 Å². The van der Waals surface area contributed by atoms with Gasteiger partial charge in [0, 0.05) is 15.5 Å². The molecule has 0 fully saturated rings. The molecule has 28 heavy (non-hydrogen) atoms. The summed E-state index contributed by atoms with van der Waals surface area (Å²) in [5, 5.41) is 4.60. The van der Waals surface area contributed by atoms with Crippen LogP contribution < -0.4 is 16.4 Å². The number of nitrogen functional groups attached to an aromatic ring is 1. The highest BCUT2D eigenvalue weighted by Crippen LogP contribution is 2.33. The summed E-state index contributed by atoms with van der Waals surface area (Å²) in [6, 6.07) is 23.0. The molecule has 0 atom stereocenters. The van der Waals surface area contributed by atoms with E-state index in [-0.39, 0.29) is 11.3 Å². The Morgan fingerprint density at radius 1 is 0.750 bits per heavy atom. The first-order chi connectivity index (χ1) is 13.5. The molecule has 0 aliphatic rings. The fraction of sp³-hybridized carbons (Fsp3) is 0. The van der Waals surface area contributed by atoms with Crippen LogP contribution in [0.15, 0.2) is 88.7 Å². The number of amides is 3. The highest BCUT2D eigenvalue weighted by atomic mass is 32.2. The van der Waals surface area contributed by atoms with Gasteiger partial charge < -0.3 is 11.1 Å². The van der Waals surface area contributed by atoms with Gasteiger partial charge in [0.1, 0.15) is 0 Å². The van der Waals surface area contributed by atoms with Crippen LogP contribution in [0.4, 0.5) is 11.4 Å². The van der Waals surface area contributed by atoms with Crippen molar-refractivity contribution in [3.63, 3.8) is 0 Å². The minimum atomic E-state index is -1.06. The topological polar surface area (TPSA) is 101 Å². The molecule has 140 valence electrons. The van der Waals surface area contributed by atoms with Gasteiger partial charge in [-0.3, -0.25) is 19.7 Å². The van der Waals surface area contributed by atoms with Crippen LogP contribution in [-0.4, -0.2) is 17.7 Å². The maximum absolute atomic E-state index is 12.3. The van der Waals surface area contributed by atoms with Crippen molar-refractivity contribution in [3.8, 4) is 0 Å². The second kappa shape index (κ2) is 8.88. The van der Waals surface area contributed by atoms with E-state index in [1.165, 1.54) is 23.9 Å². The van der Waals surface area contributed by atoms with Gasteiger partial charge in [-0.25, -0.2) is 0 Å². The Balaban J connectivity index is 1.68. The number of nitrogens with one attached hydrogen (secondary N) is 2. The number of rotatable bonds is 4. The van der Waals surface area contributed by atoms with Gasteiger partial charge in [-0.1, -0.05) is 54.2 Å². The van der Waals surface area contributed by atoms with E-state index in [9.17, 15) is 14.4 Å². The molecule has 6 nitrogen and oxygen atoms in total. The van der Waals surface area contributed by atoms with Crippen molar-refractivity contribution in [1.82, 2.24) is 5.32 Å². The number of carbonyl (C=O) groups is 3. The second-order valence-electron chi connectivity index (χ2n) is 5.74. The zero-order valence-electron chi connectivity index (χ0n) is 14.7. The highest BCUT2D eigenvalue weighted by molar-refractivity contribution is 7.99. The van der Waals surface area contributed by atoms with Crippen LogP contribution in [0, 0.1) is 0 Å². The smallest absolute Gasteiger partial charge is 0.316 e. The third-order valence-corrected chi connectivity index (χ3v) is 4.83. The SMILES string of the molecule is Nc1ccccc1C(=O)NC(=O)C(=O)Nc1ccccc1Sc1ccccc1. The summed E-state index contributed by atoms with van der Waals surface area (Å²) in [6.45, 7) is 0. The number of imide groups is 1. The molecular weight excluding hydrogens is 374 g/mol. The summed E-state index contributed by atoms with van der Waals surface area (Å²) in [5.74, 6) is -2.73. The summed E-state index contributed by atoms with van der Waals surface area (Å²) in [6.07, 6.45) is 0. The number of carbonyl (C=O) groups excluding carboxylic acids is 3. The van der Waals surface area contributed by atoms with E-state index in [4.69, 9.17) is 5.73 Å². The summed E-state index contributed by atoms with van der Waals surface area (Å²) >= 11 is 1.45. The average Bonchev–Trinajstić information content (AvgIpc) is 2.70. The van der Waals surface area contributed by atoms with Crippen molar-refractivity contribution in [2.45, 2.75) is 9.79 Å². The molecule has 0 aromatic heterocycles. The van der Waals surface area contributed by atoms with Gasteiger partial charge in [0.25, 0.3) is 5.91 Å². The van der Waals surface area contributed by atoms with Gasteiger partial charge in [-0.15, -0.1) is 0 Å². The summed E-state index contributed by atoms with van der Waals surface area (Å²) in [5.41, 5.74) is 6.54. The Bertz CT molecular complexity index is 1020. The van der Waals surface area contributed by atoms with Crippen molar-refractivity contribution in [2.75, 3.05) is 11.1 Å². The van der Waals surface area contributed by atoms with Gasteiger partial charge in [0.15, 0.2) is 0 Å². The molecule has 3 aromatic rings. The number of hydrogen-bond donors (Lipinski definition) is 3. The van der Waals surface area contributed by atoms with Crippen LogP contribution in [0.5, 0.6) is 0 Å². The molecule has 4 N–H and O–H groups in total. The summed E-state index contributed by atoms with van der Waals surface area (Å²) < 4.78 is 0. The highest BCUT2D eigenvalue weighted by Gasteiger charge is 2.20. The average molecular weight is 391 g/mol. The predicted molar refractivity (Wildman–Crippen MR) is 109 cm³/mol. The molecule has 0 radical (unpaired) electrons. The molecule has 7 heteroatoms. The van der Waals surface area contributed by atoms with Crippen molar-refractivity contribution in [3.05, 3.63) is 84.4 Å². The lowest BCUT2D eigenvalue weighted by Gasteiger charge is -2.11. The normalized spacial score (nSPS) is 10.1. The van der Waals surface area contributed by atoms with Gasteiger partial charge in [0.2, 0.25) is 0 Å². The zero-order chi connectivity index (χ0) is 19.9. The van der Waals surface area contributed by atoms with Crippen molar-refractivity contribution < 1.29 is 14.4 Å². The van der Waals surface area contributed by atoms with E-state index in [0.29, 0.717) is 5.69 Å². The largest absolute Gasteiger partial charge is 0.398 e. The molecular formula is C21H17N3O3S. The lowest BCUT2D eigenvalue weighted by atomic mass is 10.1. The lowest BCUT2D eigenvalue weighted by molar-refractivity contribution is -0.135. The number of nitrogens with two attached hydrogens (primary N) is 1. The fourth-order valence-corrected chi connectivity index (χ4v) is 3.31. The summed E-state index contributed by atoms with van der Waals surface area (Å²) in [4.78, 5) is 38.3. The van der Waals surface area contributed by atoms with Crippen LogP contribution in [0.3, 0.4) is 0 Å². The minimum Gasteiger partial charge on any atom is -0.398 e. The van der Waals surface area contributed by atoms with E-state index in [1.807, 2.05) is 47.8 Å². The monoisotopic (exact) mass is 391 g/mol. The van der Waals surface area contributed by atoms with Crippen LogP contribution in [0.2, 0.25) is 0 Å². The van der Waals surface area contributed by atoms with Crippen molar-refractivity contribution in [2.24, 2.45) is 0 Å². The number of anilines is 2. The third kappa shape index (κ3) is 4.77. The van der Waals surface area contributed by atoms with Crippen LogP contribution in [-0.2, 0) is 9.59 Å². The van der Waals surface area contributed by atoms with E-state index in [2.05, 4.69) is 5.32 Å². The molecule has 0 spiro atoms. The Kier molecular flexibility index (Phi) is 6.08. The Morgan fingerprint density at radius 3 is 2.14 bits per heavy atom. The molecule has 0 saturated heterocycles. The third-order valence-electron chi connectivity index (χ3n) is 3.74. The van der Waals surface area contributed by atoms with Gasteiger partial charge in [0.05, 0.1) is 11.3 Å². The quantitative estimate of drug-likeness (QED) is 0.468. The van der Waals surface area contributed by atoms with E-state index in [0.717, 1.165) is 9.79 Å². The first-order valence-electron chi connectivity index (χ1n) is 8.37. The molecule has 0 unspecified atom stereocenters. The maximum atomic E-state index is 12.3. The second-order valence-corrected chi connectivity index (χ2v) is 6.85. The first kappa shape index (κ1) is 19.2. The maximum Gasteiger partial charge on any atom is 0.316 e. The molecule has 3 rings (SSSR count). The molecule has 0 saturated carbocycles. The Labute approximate surface area is 166 Å². The molecule has 0 bridgehead atoms. The molecule has 0 aliphatic carbocycles. The molecule has 3 aromatic carbocycles.